The van der Waals surface area contributed by atoms with Crippen LogP contribution in [0.25, 0.3) is 4.85 Å². The summed E-state index contributed by atoms with van der Waals surface area (Å²) in [5.41, 5.74) is -0.132. The molecular weight excluding hydrogens is 573 g/mol. The first-order valence-electron chi connectivity index (χ1n) is 14.1. The van der Waals surface area contributed by atoms with Gasteiger partial charge in [-0.1, -0.05) is 52.8 Å². The van der Waals surface area contributed by atoms with Crippen LogP contribution in [0.3, 0.4) is 0 Å². The summed E-state index contributed by atoms with van der Waals surface area (Å²) in [6.45, 7) is 17.0. The van der Waals surface area contributed by atoms with E-state index in [9.17, 15) is 27.2 Å². The highest BCUT2D eigenvalue weighted by molar-refractivity contribution is 7.89. The van der Waals surface area contributed by atoms with E-state index in [4.69, 9.17) is 6.57 Å². The van der Waals surface area contributed by atoms with Crippen LogP contribution in [-0.4, -0.2) is 67.8 Å². The molecule has 43 heavy (non-hydrogen) atoms. The maximum Gasteiger partial charge on any atom is 0.302 e. The van der Waals surface area contributed by atoms with Crippen molar-refractivity contribution in [1.82, 2.24) is 14.5 Å². The molecule has 3 amide bonds. The van der Waals surface area contributed by atoms with Crippen molar-refractivity contribution < 1.29 is 27.2 Å². The smallest absolute Gasteiger partial charge is 0.302 e. The molecule has 2 aliphatic heterocycles. The van der Waals surface area contributed by atoms with Gasteiger partial charge in [0.05, 0.1) is 11.3 Å². The van der Waals surface area contributed by atoms with Gasteiger partial charge in [0.1, 0.15) is 23.3 Å². The molecule has 0 radical (unpaired) electrons. The van der Waals surface area contributed by atoms with E-state index in [2.05, 4.69) is 14.9 Å². The number of likely N-dealkylation sites (tertiary alicyclic amines) is 1. The minimum absolute atomic E-state index is 0.0186. The summed E-state index contributed by atoms with van der Waals surface area (Å²) in [6, 6.07) is 9.21. The van der Waals surface area contributed by atoms with Crippen LogP contribution < -0.4 is 10.0 Å². The molecule has 0 saturated carbocycles. The molecule has 2 aromatic rings. The van der Waals surface area contributed by atoms with Gasteiger partial charge in [-0.15, -0.1) is 0 Å². The molecule has 2 aliphatic rings. The number of sulfonamides is 1. The quantitative estimate of drug-likeness (QED) is 0.441. The SMILES string of the molecule is [C-]#[N+][C@@H]1C[C@@]2(CN1C(=O)[C@H](CC(C)(C)C)N(C)C(=O)[C@@H](NS(=O)(=O)c1ccc(F)cc1)C(C)C)C(=O)Nc1ccccc12. The highest BCUT2D eigenvalue weighted by atomic mass is 32.2. The summed E-state index contributed by atoms with van der Waals surface area (Å²) >= 11 is 0. The Bertz CT molecular complexity index is 1560. The second-order valence-electron chi connectivity index (χ2n) is 12.9. The van der Waals surface area contributed by atoms with Gasteiger partial charge in [-0.2, -0.15) is 4.72 Å². The third-order valence-electron chi connectivity index (χ3n) is 8.13. The number of carbonyl (C=O) groups is 3. The number of nitrogens with one attached hydrogen (secondary N) is 2. The van der Waals surface area contributed by atoms with Crippen molar-refractivity contribution in [3.63, 3.8) is 0 Å². The molecule has 230 valence electrons. The standard InChI is InChI=1S/C31H38FN5O5S/c1-19(2)26(35-43(41,42)21-14-12-20(32)13-15-21)28(39)36(7)24(16-30(3,4)5)27(38)37-18-31(17-25(37)33-6)22-10-8-9-11-23(22)34-29(31)40/h8-15,19,24-26,35H,16-18H2,1-5,7H3,(H,34,40)/t24-,25-,26-,31-/m0/s1. The minimum atomic E-state index is -4.20. The molecule has 2 heterocycles. The molecular formula is C31H38FN5O5S. The van der Waals surface area contributed by atoms with Gasteiger partial charge in [-0.05, 0) is 53.6 Å². The number of benzene rings is 2. The first-order valence-corrected chi connectivity index (χ1v) is 15.6. The fourth-order valence-electron chi connectivity index (χ4n) is 5.81. The summed E-state index contributed by atoms with van der Waals surface area (Å²) < 4.78 is 42.1. The number of para-hydroxylation sites is 1. The molecule has 1 spiro atoms. The predicted octanol–water partition coefficient (Wildman–Crippen LogP) is 3.76. The molecule has 10 nitrogen and oxygen atoms in total. The monoisotopic (exact) mass is 611 g/mol. The van der Waals surface area contributed by atoms with Crippen LogP contribution in [0, 0.1) is 23.7 Å². The van der Waals surface area contributed by atoms with E-state index in [0.29, 0.717) is 5.69 Å². The van der Waals surface area contributed by atoms with Crippen LogP contribution in [0.1, 0.15) is 53.0 Å². The summed E-state index contributed by atoms with van der Waals surface area (Å²) in [6.07, 6.45) is -0.578. The lowest BCUT2D eigenvalue weighted by Crippen LogP contribution is -2.57. The number of anilines is 1. The molecule has 2 N–H and O–H groups in total. The highest BCUT2D eigenvalue weighted by Crippen LogP contribution is 2.47. The van der Waals surface area contributed by atoms with Gasteiger partial charge in [0.25, 0.3) is 5.91 Å². The zero-order chi connectivity index (χ0) is 31.9. The first kappa shape index (κ1) is 32.1. The van der Waals surface area contributed by atoms with Gasteiger partial charge in [0.15, 0.2) is 0 Å². The third kappa shape index (κ3) is 6.28. The lowest BCUT2D eigenvalue weighted by Gasteiger charge is -2.37. The molecule has 0 aromatic heterocycles. The average molecular weight is 612 g/mol. The van der Waals surface area contributed by atoms with Crippen molar-refractivity contribution in [2.24, 2.45) is 11.3 Å². The van der Waals surface area contributed by atoms with E-state index in [-0.39, 0.29) is 30.2 Å². The number of fused-ring (bicyclic) bond motifs is 2. The Morgan fingerprint density at radius 1 is 1.19 bits per heavy atom. The molecule has 1 saturated heterocycles. The lowest BCUT2D eigenvalue weighted by atomic mass is 9.80. The number of likely N-dealkylation sites (N-methyl/N-ethyl adjacent to an activating group) is 1. The molecule has 0 bridgehead atoms. The number of hydrogen-bond acceptors (Lipinski definition) is 5. The Hall–Kier alpha value is -3.82. The van der Waals surface area contributed by atoms with Crippen molar-refractivity contribution in [2.75, 3.05) is 18.9 Å². The van der Waals surface area contributed by atoms with E-state index in [1.165, 1.54) is 16.8 Å². The van der Waals surface area contributed by atoms with Gasteiger partial charge in [0.2, 0.25) is 21.8 Å². The van der Waals surface area contributed by atoms with Crippen LogP contribution in [0.15, 0.2) is 53.4 Å². The molecule has 4 atom stereocenters. The van der Waals surface area contributed by atoms with Gasteiger partial charge < -0.3 is 10.2 Å². The fourth-order valence-corrected chi connectivity index (χ4v) is 7.15. The molecule has 0 unspecified atom stereocenters. The lowest BCUT2D eigenvalue weighted by molar-refractivity contribution is -0.147. The number of carbonyl (C=O) groups excluding carboxylic acids is 3. The number of nitrogens with zero attached hydrogens (tertiary/aromatic N) is 3. The largest absolute Gasteiger partial charge is 0.332 e. The van der Waals surface area contributed by atoms with Gasteiger partial charge in [0, 0.05) is 19.3 Å². The second-order valence-corrected chi connectivity index (χ2v) is 14.6. The van der Waals surface area contributed by atoms with Gasteiger partial charge >= 0.3 is 6.17 Å². The first-order chi connectivity index (χ1) is 20.0. The van der Waals surface area contributed by atoms with Crippen LogP contribution in [0.5, 0.6) is 0 Å². The van der Waals surface area contributed by atoms with E-state index < -0.39 is 62.7 Å². The zero-order valence-electron chi connectivity index (χ0n) is 25.2. The van der Waals surface area contributed by atoms with E-state index >= 15 is 0 Å². The highest BCUT2D eigenvalue weighted by Gasteiger charge is 2.59. The minimum Gasteiger partial charge on any atom is -0.332 e. The topological polar surface area (TPSA) is 120 Å². The molecule has 2 aromatic carbocycles. The van der Waals surface area contributed by atoms with Gasteiger partial charge in [-0.25, -0.2) is 19.4 Å². The Labute approximate surface area is 252 Å². The van der Waals surface area contributed by atoms with E-state index in [1.807, 2.05) is 32.9 Å². The molecule has 12 heteroatoms. The van der Waals surface area contributed by atoms with Crippen LogP contribution >= 0.6 is 0 Å². The summed E-state index contributed by atoms with van der Waals surface area (Å²) in [5.74, 6) is -2.48. The van der Waals surface area contributed by atoms with Crippen molar-refractivity contribution in [3.05, 3.63) is 71.3 Å². The molecule has 1 fully saturated rings. The number of rotatable bonds is 8. The Kier molecular flexibility index (Phi) is 8.73. The van der Waals surface area contributed by atoms with Crippen molar-refractivity contribution >= 4 is 33.4 Å². The normalized spacial score (nSPS) is 21.3. The number of hydrogen-bond donors (Lipinski definition) is 2. The fraction of sp³-hybridized carbons (Fsp3) is 0.484. The van der Waals surface area contributed by atoms with Gasteiger partial charge in [-0.3, -0.25) is 24.1 Å². The van der Waals surface area contributed by atoms with Crippen molar-refractivity contribution in [3.8, 4) is 0 Å². The third-order valence-corrected chi connectivity index (χ3v) is 9.59. The maximum absolute atomic E-state index is 14.3. The van der Waals surface area contributed by atoms with Crippen LogP contribution in [0.2, 0.25) is 0 Å². The maximum atomic E-state index is 14.3. The summed E-state index contributed by atoms with van der Waals surface area (Å²) in [5, 5.41) is 2.88. The number of amides is 3. The Balaban J connectivity index is 1.65. The predicted molar refractivity (Wildman–Crippen MR) is 159 cm³/mol. The van der Waals surface area contributed by atoms with Crippen molar-refractivity contribution in [2.45, 2.75) is 76.0 Å². The summed E-state index contributed by atoms with van der Waals surface area (Å²) in [4.78, 5) is 47.7. The van der Waals surface area contributed by atoms with Crippen LogP contribution in [-0.2, 0) is 29.8 Å². The zero-order valence-corrected chi connectivity index (χ0v) is 26.0. The van der Waals surface area contributed by atoms with Crippen molar-refractivity contribution in [1.29, 1.82) is 0 Å². The Morgan fingerprint density at radius 2 is 1.81 bits per heavy atom. The Morgan fingerprint density at radius 3 is 2.40 bits per heavy atom. The second kappa shape index (κ2) is 11.7. The average Bonchev–Trinajstić information content (AvgIpc) is 3.46. The molecule has 4 rings (SSSR count). The number of halogens is 1. The van der Waals surface area contributed by atoms with E-state index in [1.54, 1.807) is 26.0 Å². The van der Waals surface area contributed by atoms with E-state index in [0.717, 1.165) is 29.8 Å². The summed E-state index contributed by atoms with van der Waals surface area (Å²) in [7, 11) is -2.75. The van der Waals surface area contributed by atoms with Crippen LogP contribution in [0.4, 0.5) is 10.1 Å². The molecule has 0 aliphatic carbocycles.